The summed E-state index contributed by atoms with van der Waals surface area (Å²) in [6, 6.07) is 1.03. The molecule has 1 rings (SSSR count). The highest BCUT2D eigenvalue weighted by Gasteiger charge is 2.21. The van der Waals surface area contributed by atoms with Crippen molar-refractivity contribution in [3.63, 3.8) is 0 Å². The molecular weight excluding hydrogens is 274 g/mol. The number of hydrogen-bond donors (Lipinski definition) is 2. The van der Waals surface area contributed by atoms with E-state index in [9.17, 15) is 18.0 Å². The van der Waals surface area contributed by atoms with Gasteiger partial charge >= 0.3 is 5.97 Å². The minimum absolute atomic E-state index is 0.153. The fraction of sp³-hybridized carbons (Fsp3) is 0.400. The molecule has 1 amide bonds. The third-order valence-electron chi connectivity index (χ3n) is 2.42. The number of carbonyl (C=O) groups excluding carboxylic acids is 1. The van der Waals surface area contributed by atoms with Gasteiger partial charge in [0.05, 0.1) is 6.54 Å². The Morgan fingerprint density at radius 2 is 2.00 bits per heavy atom. The van der Waals surface area contributed by atoms with Crippen molar-refractivity contribution in [2.45, 2.75) is 4.90 Å². The number of aryl methyl sites for hydroxylation is 1. The molecule has 1 aromatic rings. The average molecular weight is 289 g/mol. The Kier molecular flexibility index (Phi) is 4.32. The first-order chi connectivity index (χ1) is 8.65. The third-order valence-corrected chi connectivity index (χ3v) is 3.79. The van der Waals surface area contributed by atoms with E-state index < -0.39 is 21.9 Å². The SMILES string of the molecule is CN(C)C(=O)CNS(=O)(=O)c1cc(C(=O)O)n(C)c1. The van der Waals surface area contributed by atoms with Crippen molar-refractivity contribution in [3.8, 4) is 0 Å². The van der Waals surface area contributed by atoms with Gasteiger partial charge in [0.2, 0.25) is 15.9 Å². The summed E-state index contributed by atoms with van der Waals surface area (Å²) in [6.45, 7) is -0.382. The second-order valence-corrected chi connectivity index (χ2v) is 5.86. The lowest BCUT2D eigenvalue weighted by Crippen LogP contribution is -2.36. The number of carbonyl (C=O) groups is 2. The Bertz CT molecular complexity index is 603. The summed E-state index contributed by atoms with van der Waals surface area (Å²) in [5, 5.41) is 8.84. The van der Waals surface area contributed by atoms with Crippen LogP contribution >= 0.6 is 0 Å². The summed E-state index contributed by atoms with van der Waals surface area (Å²) in [5.74, 6) is -1.63. The zero-order valence-corrected chi connectivity index (χ0v) is 11.6. The molecule has 2 N–H and O–H groups in total. The van der Waals surface area contributed by atoms with Crippen molar-refractivity contribution >= 4 is 21.9 Å². The number of carboxylic acids is 1. The number of carboxylic acid groups (broad SMARTS) is 1. The van der Waals surface area contributed by atoms with E-state index in [0.717, 1.165) is 6.07 Å². The largest absolute Gasteiger partial charge is 0.477 e. The van der Waals surface area contributed by atoms with Gasteiger partial charge in [0.15, 0.2) is 0 Å². The molecule has 0 atom stereocenters. The molecule has 0 aliphatic carbocycles. The van der Waals surface area contributed by atoms with E-state index in [2.05, 4.69) is 4.72 Å². The van der Waals surface area contributed by atoms with Gasteiger partial charge in [0, 0.05) is 27.3 Å². The summed E-state index contributed by atoms with van der Waals surface area (Å²) < 4.78 is 27.0. The Hall–Kier alpha value is -1.87. The number of likely N-dealkylation sites (N-methyl/N-ethyl adjacent to an activating group) is 1. The van der Waals surface area contributed by atoms with E-state index in [1.807, 2.05) is 0 Å². The maximum absolute atomic E-state index is 11.9. The summed E-state index contributed by atoms with van der Waals surface area (Å²) in [6.07, 6.45) is 1.17. The number of nitrogens with one attached hydrogen (secondary N) is 1. The first kappa shape index (κ1) is 15.2. The lowest BCUT2D eigenvalue weighted by Gasteiger charge is -2.10. The smallest absolute Gasteiger partial charge is 0.352 e. The van der Waals surface area contributed by atoms with Crippen LogP contribution in [-0.4, -0.2) is 55.5 Å². The normalized spacial score (nSPS) is 11.3. The Labute approximate surface area is 110 Å². The van der Waals surface area contributed by atoms with E-state index >= 15 is 0 Å². The number of aromatic carboxylic acids is 1. The Balaban J connectivity index is 2.92. The number of hydrogen-bond acceptors (Lipinski definition) is 4. The molecule has 0 radical (unpaired) electrons. The van der Waals surface area contributed by atoms with Crippen molar-refractivity contribution in [1.82, 2.24) is 14.2 Å². The minimum Gasteiger partial charge on any atom is -0.477 e. The number of aromatic nitrogens is 1. The molecule has 0 unspecified atom stereocenters. The molecule has 0 bridgehead atoms. The van der Waals surface area contributed by atoms with E-state index in [1.54, 1.807) is 0 Å². The highest BCUT2D eigenvalue weighted by Crippen LogP contribution is 2.13. The van der Waals surface area contributed by atoms with Crippen LogP contribution in [0.25, 0.3) is 0 Å². The lowest BCUT2D eigenvalue weighted by molar-refractivity contribution is -0.127. The van der Waals surface area contributed by atoms with Crippen molar-refractivity contribution in [3.05, 3.63) is 18.0 Å². The van der Waals surface area contributed by atoms with Gasteiger partial charge in [-0.3, -0.25) is 4.79 Å². The van der Waals surface area contributed by atoms with E-state index in [-0.39, 0.29) is 17.1 Å². The van der Waals surface area contributed by atoms with Gasteiger partial charge < -0.3 is 14.6 Å². The quantitative estimate of drug-likeness (QED) is 0.729. The molecule has 0 saturated heterocycles. The van der Waals surface area contributed by atoms with Crippen molar-refractivity contribution < 1.29 is 23.1 Å². The summed E-state index contributed by atoms with van der Waals surface area (Å²) in [5.41, 5.74) is -0.153. The number of rotatable bonds is 5. The van der Waals surface area contributed by atoms with Crippen LogP contribution in [0.15, 0.2) is 17.2 Å². The molecule has 8 nitrogen and oxygen atoms in total. The topological polar surface area (TPSA) is 109 Å². The molecular formula is C10H15N3O5S. The number of amides is 1. The van der Waals surface area contributed by atoms with Crippen LogP contribution in [0.2, 0.25) is 0 Å². The summed E-state index contributed by atoms with van der Waals surface area (Å²) in [4.78, 5) is 23.2. The maximum Gasteiger partial charge on any atom is 0.352 e. The Morgan fingerprint density at radius 1 is 1.42 bits per heavy atom. The average Bonchev–Trinajstić information content (AvgIpc) is 2.69. The van der Waals surface area contributed by atoms with Crippen LogP contribution in [-0.2, 0) is 21.9 Å². The number of nitrogens with zero attached hydrogens (tertiary/aromatic N) is 2. The summed E-state index contributed by atoms with van der Waals surface area (Å²) in [7, 11) is 0.522. The molecule has 1 heterocycles. The van der Waals surface area contributed by atoms with Crippen LogP contribution < -0.4 is 4.72 Å². The molecule has 0 aliphatic rings. The minimum atomic E-state index is -3.91. The highest BCUT2D eigenvalue weighted by molar-refractivity contribution is 7.89. The zero-order chi connectivity index (χ0) is 14.8. The van der Waals surface area contributed by atoms with Crippen LogP contribution in [0.5, 0.6) is 0 Å². The zero-order valence-electron chi connectivity index (χ0n) is 10.7. The lowest BCUT2D eigenvalue weighted by atomic mass is 10.4. The van der Waals surface area contributed by atoms with E-state index in [1.165, 1.54) is 36.8 Å². The monoisotopic (exact) mass is 289 g/mol. The van der Waals surface area contributed by atoms with Gasteiger partial charge in [-0.05, 0) is 6.07 Å². The first-order valence-corrected chi connectivity index (χ1v) is 6.73. The van der Waals surface area contributed by atoms with Gasteiger partial charge in [-0.25, -0.2) is 17.9 Å². The third kappa shape index (κ3) is 3.55. The maximum atomic E-state index is 11.9. The fourth-order valence-corrected chi connectivity index (χ4v) is 2.34. The van der Waals surface area contributed by atoms with Crippen LogP contribution in [0.4, 0.5) is 0 Å². The molecule has 9 heteroatoms. The van der Waals surface area contributed by atoms with Crippen LogP contribution in [0.3, 0.4) is 0 Å². The first-order valence-electron chi connectivity index (χ1n) is 5.24. The molecule has 0 saturated carbocycles. The van der Waals surface area contributed by atoms with E-state index in [0.29, 0.717) is 0 Å². The van der Waals surface area contributed by atoms with E-state index in [4.69, 9.17) is 5.11 Å². The van der Waals surface area contributed by atoms with Gasteiger partial charge in [-0.1, -0.05) is 0 Å². The van der Waals surface area contributed by atoms with Crippen molar-refractivity contribution in [2.24, 2.45) is 7.05 Å². The molecule has 0 aliphatic heterocycles. The summed E-state index contributed by atoms with van der Waals surface area (Å²) >= 11 is 0. The molecule has 0 fully saturated rings. The van der Waals surface area contributed by atoms with Crippen LogP contribution in [0.1, 0.15) is 10.5 Å². The second kappa shape index (κ2) is 5.41. The molecule has 0 spiro atoms. The molecule has 1 aromatic heterocycles. The van der Waals surface area contributed by atoms with Gasteiger partial charge in [-0.2, -0.15) is 0 Å². The second-order valence-electron chi connectivity index (χ2n) is 4.09. The standard InChI is InChI=1S/C10H15N3O5S/c1-12(2)9(14)5-11-19(17,18)7-4-8(10(15)16)13(3)6-7/h4,6,11H,5H2,1-3H3,(H,15,16). The highest BCUT2D eigenvalue weighted by atomic mass is 32.2. The number of sulfonamides is 1. The van der Waals surface area contributed by atoms with Crippen molar-refractivity contribution in [2.75, 3.05) is 20.6 Å². The van der Waals surface area contributed by atoms with Gasteiger partial charge in [-0.15, -0.1) is 0 Å². The molecule has 0 aromatic carbocycles. The molecule has 19 heavy (non-hydrogen) atoms. The van der Waals surface area contributed by atoms with Crippen LogP contribution in [0, 0.1) is 0 Å². The fourth-order valence-electron chi connectivity index (χ4n) is 1.29. The van der Waals surface area contributed by atoms with Gasteiger partial charge in [0.25, 0.3) is 0 Å². The van der Waals surface area contributed by atoms with Crippen molar-refractivity contribution in [1.29, 1.82) is 0 Å². The molecule has 106 valence electrons. The Morgan fingerprint density at radius 3 is 2.42 bits per heavy atom. The predicted octanol–water partition coefficient (Wildman–Crippen LogP) is -0.910. The predicted molar refractivity (Wildman–Crippen MR) is 66.3 cm³/mol. The van der Waals surface area contributed by atoms with Gasteiger partial charge in [0.1, 0.15) is 10.6 Å².